The SMILES string of the molecule is N#CCC1CCC(N(CCc2ccccc2)Cc2ccccc2)CC1.NC(=O)c1cn[nH]c1NC(=O)C1CC1. The van der Waals surface area contributed by atoms with E-state index in [1.165, 1.54) is 43.0 Å². The van der Waals surface area contributed by atoms with Crippen LogP contribution in [0.1, 0.15) is 66.4 Å². The van der Waals surface area contributed by atoms with Gasteiger partial charge in [0.2, 0.25) is 5.91 Å². The molecule has 1 heterocycles. The van der Waals surface area contributed by atoms with Gasteiger partial charge < -0.3 is 11.1 Å². The van der Waals surface area contributed by atoms with Crippen molar-refractivity contribution in [3.8, 4) is 6.07 Å². The van der Waals surface area contributed by atoms with Crippen LogP contribution in [0.2, 0.25) is 0 Å². The molecule has 0 spiro atoms. The van der Waals surface area contributed by atoms with E-state index in [1.807, 2.05) is 0 Å². The van der Waals surface area contributed by atoms with E-state index < -0.39 is 5.91 Å². The van der Waals surface area contributed by atoms with Crippen LogP contribution in [0.3, 0.4) is 0 Å². The number of carbonyl (C=O) groups excluding carboxylic acids is 2. The number of carbonyl (C=O) groups is 2. The molecule has 2 fully saturated rings. The van der Waals surface area contributed by atoms with E-state index in [1.54, 1.807) is 0 Å². The maximum Gasteiger partial charge on any atom is 0.254 e. The summed E-state index contributed by atoms with van der Waals surface area (Å²) in [5.74, 6) is 0.295. The highest BCUT2D eigenvalue weighted by Gasteiger charge is 2.30. The van der Waals surface area contributed by atoms with Gasteiger partial charge in [0.15, 0.2) is 0 Å². The number of anilines is 1. The zero-order chi connectivity index (χ0) is 27.5. The third-order valence-corrected chi connectivity index (χ3v) is 7.57. The van der Waals surface area contributed by atoms with Gasteiger partial charge in [-0.15, -0.1) is 0 Å². The molecule has 8 nitrogen and oxygen atoms in total. The minimum absolute atomic E-state index is 0.0824. The van der Waals surface area contributed by atoms with Crippen molar-refractivity contribution in [3.63, 3.8) is 0 Å². The molecule has 0 atom stereocenters. The van der Waals surface area contributed by atoms with E-state index in [4.69, 9.17) is 11.0 Å². The highest BCUT2D eigenvalue weighted by molar-refractivity contribution is 6.02. The van der Waals surface area contributed by atoms with Crippen LogP contribution in [0, 0.1) is 23.2 Å². The number of nitrogens with zero attached hydrogens (tertiary/aromatic N) is 3. The number of hydrogen-bond donors (Lipinski definition) is 3. The first-order valence-electron chi connectivity index (χ1n) is 13.9. The Bertz CT molecular complexity index is 1220. The molecule has 3 aromatic rings. The Balaban J connectivity index is 0.000000212. The molecule has 0 saturated heterocycles. The molecule has 0 radical (unpaired) electrons. The maximum atomic E-state index is 11.3. The summed E-state index contributed by atoms with van der Waals surface area (Å²) in [5.41, 5.74) is 8.10. The summed E-state index contributed by atoms with van der Waals surface area (Å²) >= 11 is 0. The highest BCUT2D eigenvalue weighted by Crippen LogP contribution is 2.31. The van der Waals surface area contributed by atoms with Crippen molar-refractivity contribution in [3.05, 3.63) is 83.6 Å². The van der Waals surface area contributed by atoms with Crippen LogP contribution in [0.4, 0.5) is 5.82 Å². The lowest BCUT2D eigenvalue weighted by molar-refractivity contribution is -0.117. The summed E-state index contributed by atoms with van der Waals surface area (Å²) < 4.78 is 0. The van der Waals surface area contributed by atoms with Gasteiger partial charge in [-0.25, -0.2) is 0 Å². The zero-order valence-electron chi connectivity index (χ0n) is 22.4. The number of aromatic nitrogens is 2. The fourth-order valence-electron chi connectivity index (χ4n) is 5.11. The van der Waals surface area contributed by atoms with Crippen molar-refractivity contribution in [1.29, 1.82) is 5.26 Å². The van der Waals surface area contributed by atoms with Crippen LogP contribution < -0.4 is 11.1 Å². The van der Waals surface area contributed by atoms with E-state index >= 15 is 0 Å². The summed E-state index contributed by atoms with van der Waals surface area (Å²) in [5, 5.41) is 17.7. The van der Waals surface area contributed by atoms with E-state index in [0.717, 1.165) is 38.8 Å². The van der Waals surface area contributed by atoms with Crippen LogP contribution in [0.15, 0.2) is 66.9 Å². The molecule has 2 saturated carbocycles. The second-order valence-corrected chi connectivity index (χ2v) is 10.5. The number of nitriles is 1. The number of aromatic amines is 1. The molecular weight excluding hydrogens is 488 g/mol. The number of primary amides is 1. The highest BCUT2D eigenvalue weighted by atomic mass is 16.2. The predicted molar refractivity (Wildman–Crippen MR) is 151 cm³/mol. The van der Waals surface area contributed by atoms with Gasteiger partial charge >= 0.3 is 0 Å². The van der Waals surface area contributed by atoms with Crippen molar-refractivity contribution in [1.82, 2.24) is 15.1 Å². The Morgan fingerprint density at radius 3 is 2.21 bits per heavy atom. The number of hydrogen-bond acceptors (Lipinski definition) is 5. The molecule has 2 aromatic carbocycles. The summed E-state index contributed by atoms with van der Waals surface area (Å²) in [7, 11) is 0. The van der Waals surface area contributed by atoms with E-state index in [2.05, 4.69) is 87.1 Å². The van der Waals surface area contributed by atoms with Gasteiger partial charge in [-0.05, 0) is 62.0 Å². The Morgan fingerprint density at radius 1 is 0.974 bits per heavy atom. The Kier molecular flexibility index (Phi) is 10.3. The van der Waals surface area contributed by atoms with Crippen molar-refractivity contribution >= 4 is 17.6 Å². The van der Waals surface area contributed by atoms with Gasteiger partial charge in [0, 0.05) is 31.5 Å². The molecule has 0 bridgehead atoms. The molecule has 2 aliphatic carbocycles. The zero-order valence-corrected chi connectivity index (χ0v) is 22.4. The first-order chi connectivity index (χ1) is 19.0. The van der Waals surface area contributed by atoms with Crippen molar-refractivity contribution < 1.29 is 9.59 Å². The molecule has 8 heteroatoms. The minimum atomic E-state index is -0.607. The molecular formula is C31H38N6O2. The molecule has 0 aliphatic heterocycles. The second kappa shape index (κ2) is 14.3. The molecule has 2 amide bonds. The van der Waals surface area contributed by atoms with E-state index in [9.17, 15) is 9.59 Å². The topological polar surface area (TPSA) is 128 Å². The first-order valence-corrected chi connectivity index (χ1v) is 13.9. The monoisotopic (exact) mass is 526 g/mol. The summed E-state index contributed by atoms with van der Waals surface area (Å²) in [4.78, 5) is 24.9. The molecule has 1 aromatic heterocycles. The van der Waals surface area contributed by atoms with Crippen molar-refractivity contribution in [2.24, 2.45) is 17.6 Å². The van der Waals surface area contributed by atoms with Gasteiger partial charge in [0.1, 0.15) is 11.4 Å². The molecule has 204 valence electrons. The number of benzene rings is 2. The standard InChI is InChI=1S/C23H28N2.C8H10N4O2/c24-17-15-21-11-13-23(14-12-21)25(19-22-9-5-2-6-10-22)18-16-20-7-3-1-4-8-20;9-6(13)5-3-10-12-7(5)11-8(14)4-1-2-4/h1-10,21,23H,11-16,18-19H2;3-4H,1-2H2,(H2,9,13)(H2,10,11,12,14). The largest absolute Gasteiger partial charge is 0.365 e. The third kappa shape index (κ3) is 8.79. The number of amides is 2. The van der Waals surface area contributed by atoms with Crippen LogP contribution >= 0.6 is 0 Å². The van der Waals surface area contributed by atoms with Crippen molar-refractivity contribution in [2.75, 3.05) is 11.9 Å². The quantitative estimate of drug-likeness (QED) is 0.340. The Labute approximate surface area is 230 Å². The minimum Gasteiger partial charge on any atom is -0.365 e. The van der Waals surface area contributed by atoms with E-state index in [-0.39, 0.29) is 23.2 Å². The Hall–Kier alpha value is -3.96. The summed E-state index contributed by atoms with van der Waals surface area (Å²) in [6, 6.07) is 24.6. The molecule has 5 rings (SSSR count). The van der Waals surface area contributed by atoms with Crippen molar-refractivity contribution in [2.45, 2.75) is 64.0 Å². The van der Waals surface area contributed by atoms with Crippen LogP contribution in [0.25, 0.3) is 0 Å². The Morgan fingerprint density at radius 2 is 1.62 bits per heavy atom. The number of rotatable bonds is 10. The lowest BCUT2D eigenvalue weighted by atomic mass is 9.83. The van der Waals surface area contributed by atoms with Crippen LogP contribution in [0.5, 0.6) is 0 Å². The fourth-order valence-corrected chi connectivity index (χ4v) is 5.11. The van der Waals surface area contributed by atoms with Gasteiger partial charge in [0.05, 0.1) is 12.3 Å². The number of nitrogens with one attached hydrogen (secondary N) is 2. The number of nitrogens with two attached hydrogens (primary N) is 1. The molecule has 4 N–H and O–H groups in total. The van der Waals surface area contributed by atoms with Gasteiger partial charge in [0.25, 0.3) is 5.91 Å². The fraction of sp³-hybridized carbons (Fsp3) is 0.419. The van der Waals surface area contributed by atoms with Gasteiger partial charge in [-0.2, -0.15) is 10.4 Å². The lowest BCUT2D eigenvalue weighted by Gasteiger charge is -2.36. The second-order valence-electron chi connectivity index (χ2n) is 10.5. The normalized spacial score (nSPS) is 18.5. The first kappa shape index (κ1) is 28.1. The van der Waals surface area contributed by atoms with E-state index in [0.29, 0.717) is 12.0 Å². The molecule has 0 unspecified atom stereocenters. The lowest BCUT2D eigenvalue weighted by Crippen LogP contribution is -2.39. The van der Waals surface area contributed by atoms with Gasteiger partial charge in [-0.1, -0.05) is 60.7 Å². The van der Waals surface area contributed by atoms with Crippen LogP contribution in [-0.2, 0) is 17.8 Å². The summed E-state index contributed by atoms with van der Waals surface area (Å²) in [6.07, 6.45) is 9.81. The third-order valence-electron chi connectivity index (χ3n) is 7.57. The number of H-pyrrole nitrogens is 1. The molecule has 2 aliphatic rings. The average Bonchev–Trinajstić information content (AvgIpc) is 3.72. The van der Waals surface area contributed by atoms with Gasteiger partial charge in [-0.3, -0.25) is 19.6 Å². The predicted octanol–water partition coefficient (Wildman–Crippen LogP) is 5.06. The maximum absolute atomic E-state index is 11.3. The van der Waals surface area contributed by atoms with Crippen LogP contribution in [-0.4, -0.2) is 39.5 Å². The average molecular weight is 527 g/mol. The molecule has 39 heavy (non-hydrogen) atoms. The smallest absolute Gasteiger partial charge is 0.254 e. The summed E-state index contributed by atoms with van der Waals surface area (Å²) in [6.45, 7) is 2.13.